The summed E-state index contributed by atoms with van der Waals surface area (Å²) in [6.07, 6.45) is -1.31. The van der Waals surface area contributed by atoms with Crippen LogP contribution in [-0.2, 0) is 9.53 Å². The molecule has 0 aliphatic heterocycles. The van der Waals surface area contributed by atoms with Crippen LogP contribution in [0.25, 0.3) is 0 Å². The van der Waals surface area contributed by atoms with Crippen molar-refractivity contribution >= 4 is 29.3 Å². The molecule has 0 fully saturated rings. The molecule has 1 rings (SSSR count). The number of rotatable bonds is 7. The average molecular weight is 354 g/mol. The molecule has 11 nitrogen and oxygen atoms in total. The molecule has 0 heterocycles. The number of esters is 1. The van der Waals surface area contributed by atoms with E-state index < -0.39 is 28.9 Å². The van der Waals surface area contributed by atoms with Crippen molar-refractivity contribution in [3.63, 3.8) is 0 Å². The first-order chi connectivity index (χ1) is 11.8. The first kappa shape index (κ1) is 19.8. The standard InChI is InChI=1S/C14H18N4O7/c1-8(12(20)17-14(22)15-2)25-13(21)10-7-9(18(23)24)3-4-11(10)16-5-6-19/h3-4,7-8,16,19H,5-6H2,1-2H3,(H2,15,17,20,22). The van der Waals surface area contributed by atoms with Crippen molar-refractivity contribution in [3.05, 3.63) is 33.9 Å². The number of ether oxygens (including phenoxy) is 1. The third-order valence-electron chi connectivity index (χ3n) is 2.98. The SMILES string of the molecule is CNC(=O)NC(=O)C(C)OC(=O)c1cc([N+](=O)[O-])ccc1NCCO. The summed E-state index contributed by atoms with van der Waals surface area (Å²) in [5, 5.41) is 26.5. The zero-order valence-corrected chi connectivity index (χ0v) is 13.6. The maximum absolute atomic E-state index is 12.2. The van der Waals surface area contributed by atoms with Crippen molar-refractivity contribution in [2.24, 2.45) is 0 Å². The first-order valence-electron chi connectivity index (χ1n) is 7.16. The number of carbonyl (C=O) groups excluding carboxylic acids is 3. The summed E-state index contributed by atoms with van der Waals surface area (Å²) in [4.78, 5) is 45.2. The van der Waals surface area contributed by atoms with Gasteiger partial charge in [-0.25, -0.2) is 9.59 Å². The molecule has 1 aromatic rings. The monoisotopic (exact) mass is 354 g/mol. The van der Waals surface area contributed by atoms with E-state index in [4.69, 9.17) is 9.84 Å². The van der Waals surface area contributed by atoms with Crippen molar-refractivity contribution in [1.29, 1.82) is 0 Å². The van der Waals surface area contributed by atoms with Crippen LogP contribution in [0.4, 0.5) is 16.2 Å². The molecule has 0 aliphatic rings. The summed E-state index contributed by atoms with van der Waals surface area (Å²) in [6, 6.07) is 2.69. The zero-order valence-electron chi connectivity index (χ0n) is 13.6. The van der Waals surface area contributed by atoms with Crippen molar-refractivity contribution in [2.45, 2.75) is 13.0 Å². The maximum Gasteiger partial charge on any atom is 0.341 e. The number of benzene rings is 1. The van der Waals surface area contributed by atoms with Gasteiger partial charge < -0.3 is 20.5 Å². The number of non-ortho nitro benzene ring substituents is 1. The number of carbonyl (C=O) groups is 3. The van der Waals surface area contributed by atoms with Crippen LogP contribution in [0.5, 0.6) is 0 Å². The lowest BCUT2D eigenvalue weighted by atomic mass is 10.1. The van der Waals surface area contributed by atoms with Crippen LogP contribution in [0.1, 0.15) is 17.3 Å². The third-order valence-corrected chi connectivity index (χ3v) is 2.98. The second-order valence-electron chi connectivity index (χ2n) is 4.75. The lowest BCUT2D eigenvalue weighted by Crippen LogP contribution is -2.43. The van der Waals surface area contributed by atoms with E-state index in [-0.39, 0.29) is 30.1 Å². The van der Waals surface area contributed by atoms with Gasteiger partial charge in [-0.15, -0.1) is 0 Å². The second-order valence-corrected chi connectivity index (χ2v) is 4.75. The number of hydrogen-bond acceptors (Lipinski definition) is 8. The molecule has 0 saturated carbocycles. The Morgan fingerprint density at radius 1 is 1.36 bits per heavy atom. The molecular formula is C14H18N4O7. The van der Waals surface area contributed by atoms with Gasteiger partial charge in [0.05, 0.1) is 17.1 Å². The fourth-order valence-corrected chi connectivity index (χ4v) is 1.71. The van der Waals surface area contributed by atoms with Crippen LogP contribution >= 0.6 is 0 Å². The van der Waals surface area contributed by atoms with Gasteiger partial charge in [-0.3, -0.25) is 20.2 Å². The smallest absolute Gasteiger partial charge is 0.341 e. The normalized spacial score (nSPS) is 11.2. The molecule has 25 heavy (non-hydrogen) atoms. The van der Waals surface area contributed by atoms with Gasteiger partial charge in [0.1, 0.15) is 0 Å². The Labute approximate surface area is 142 Å². The minimum Gasteiger partial charge on any atom is -0.449 e. The van der Waals surface area contributed by atoms with Crippen LogP contribution in [0.3, 0.4) is 0 Å². The number of nitro groups is 1. The fourth-order valence-electron chi connectivity index (χ4n) is 1.71. The zero-order chi connectivity index (χ0) is 19.0. The Balaban J connectivity index is 2.97. The predicted molar refractivity (Wildman–Crippen MR) is 86.1 cm³/mol. The summed E-state index contributed by atoms with van der Waals surface area (Å²) in [6.45, 7) is 1.12. The molecule has 0 aliphatic carbocycles. The van der Waals surface area contributed by atoms with Gasteiger partial charge in [0.2, 0.25) is 0 Å². The molecular weight excluding hydrogens is 336 g/mol. The summed E-state index contributed by atoms with van der Waals surface area (Å²) < 4.78 is 4.94. The summed E-state index contributed by atoms with van der Waals surface area (Å²) in [5.41, 5.74) is -0.324. The molecule has 0 saturated heterocycles. The summed E-state index contributed by atoms with van der Waals surface area (Å²) in [5.74, 6) is -1.85. The van der Waals surface area contributed by atoms with E-state index in [1.165, 1.54) is 26.1 Å². The molecule has 0 bridgehead atoms. The van der Waals surface area contributed by atoms with Gasteiger partial charge in [0, 0.05) is 31.4 Å². The summed E-state index contributed by atoms with van der Waals surface area (Å²) >= 11 is 0. The molecule has 4 N–H and O–H groups in total. The topological polar surface area (TPSA) is 160 Å². The van der Waals surface area contributed by atoms with E-state index in [2.05, 4.69) is 10.6 Å². The summed E-state index contributed by atoms with van der Waals surface area (Å²) in [7, 11) is 1.31. The minimum atomic E-state index is -1.31. The number of nitro benzene ring substituents is 1. The third kappa shape index (κ3) is 5.73. The van der Waals surface area contributed by atoms with Gasteiger partial charge in [0.15, 0.2) is 6.10 Å². The Kier molecular flexibility index (Phi) is 7.28. The van der Waals surface area contributed by atoms with Crippen molar-refractivity contribution < 1.29 is 29.2 Å². The number of anilines is 1. The number of aliphatic hydroxyl groups excluding tert-OH is 1. The van der Waals surface area contributed by atoms with Crippen LogP contribution in [0.2, 0.25) is 0 Å². The number of nitrogens with zero attached hydrogens (tertiary/aromatic N) is 1. The van der Waals surface area contributed by atoms with Crippen LogP contribution in [0, 0.1) is 10.1 Å². The molecule has 0 radical (unpaired) electrons. The van der Waals surface area contributed by atoms with Crippen LogP contribution < -0.4 is 16.0 Å². The van der Waals surface area contributed by atoms with Gasteiger partial charge in [0.25, 0.3) is 11.6 Å². The van der Waals surface area contributed by atoms with E-state index in [1.54, 1.807) is 0 Å². The highest BCUT2D eigenvalue weighted by atomic mass is 16.6. The lowest BCUT2D eigenvalue weighted by molar-refractivity contribution is -0.384. The lowest BCUT2D eigenvalue weighted by Gasteiger charge is -2.15. The molecule has 0 spiro atoms. The number of aliphatic hydroxyl groups is 1. The first-order valence-corrected chi connectivity index (χ1v) is 7.16. The number of amides is 3. The molecule has 1 unspecified atom stereocenters. The van der Waals surface area contributed by atoms with Crippen LogP contribution in [-0.4, -0.2) is 54.2 Å². The van der Waals surface area contributed by atoms with E-state index >= 15 is 0 Å². The molecule has 3 amide bonds. The molecule has 1 atom stereocenters. The van der Waals surface area contributed by atoms with Gasteiger partial charge in [-0.1, -0.05) is 0 Å². The molecule has 11 heteroatoms. The molecule has 1 aromatic carbocycles. The Hall–Kier alpha value is -3.21. The maximum atomic E-state index is 12.2. The van der Waals surface area contributed by atoms with Crippen molar-refractivity contribution in [2.75, 3.05) is 25.5 Å². The Morgan fingerprint density at radius 2 is 2.04 bits per heavy atom. The Bertz CT molecular complexity index is 677. The second kappa shape index (κ2) is 9.17. The Morgan fingerprint density at radius 3 is 2.60 bits per heavy atom. The average Bonchev–Trinajstić information content (AvgIpc) is 2.59. The van der Waals surface area contributed by atoms with E-state index in [0.717, 1.165) is 6.07 Å². The highest BCUT2D eigenvalue weighted by Crippen LogP contribution is 2.23. The molecule has 136 valence electrons. The highest BCUT2D eigenvalue weighted by Gasteiger charge is 2.24. The molecule has 0 aromatic heterocycles. The minimum absolute atomic E-state index is 0.102. The van der Waals surface area contributed by atoms with Gasteiger partial charge in [-0.2, -0.15) is 0 Å². The fraction of sp³-hybridized carbons (Fsp3) is 0.357. The largest absolute Gasteiger partial charge is 0.449 e. The number of urea groups is 1. The van der Waals surface area contributed by atoms with Gasteiger partial charge in [-0.05, 0) is 13.0 Å². The van der Waals surface area contributed by atoms with E-state index in [0.29, 0.717) is 0 Å². The number of nitrogens with one attached hydrogen (secondary N) is 3. The number of hydrogen-bond donors (Lipinski definition) is 4. The number of imide groups is 1. The van der Waals surface area contributed by atoms with E-state index in [1.807, 2.05) is 5.32 Å². The van der Waals surface area contributed by atoms with Crippen molar-refractivity contribution in [1.82, 2.24) is 10.6 Å². The predicted octanol–water partition coefficient (Wildman–Crippen LogP) is -0.000100. The van der Waals surface area contributed by atoms with Gasteiger partial charge >= 0.3 is 12.0 Å². The quantitative estimate of drug-likeness (QED) is 0.302. The van der Waals surface area contributed by atoms with E-state index in [9.17, 15) is 24.5 Å². The highest BCUT2D eigenvalue weighted by molar-refractivity contribution is 6.00. The van der Waals surface area contributed by atoms with Crippen LogP contribution in [0.15, 0.2) is 18.2 Å². The van der Waals surface area contributed by atoms with Crippen molar-refractivity contribution in [3.8, 4) is 0 Å².